The van der Waals surface area contributed by atoms with Crippen molar-refractivity contribution in [3.63, 3.8) is 0 Å². The Morgan fingerprint density at radius 2 is 2.00 bits per heavy atom. The van der Waals surface area contributed by atoms with Crippen molar-refractivity contribution >= 4 is 30.1 Å². The minimum absolute atomic E-state index is 0.106. The van der Waals surface area contributed by atoms with Crippen LogP contribution in [0.2, 0.25) is 0 Å². The molecule has 0 aliphatic carbocycles. The number of H-pyrrole nitrogens is 1. The van der Waals surface area contributed by atoms with E-state index in [1.807, 2.05) is 24.3 Å². The van der Waals surface area contributed by atoms with Crippen molar-refractivity contribution in [2.24, 2.45) is 0 Å². The topological polar surface area (TPSA) is 52.5 Å². The van der Waals surface area contributed by atoms with E-state index >= 15 is 0 Å². The molecule has 0 aliphatic heterocycles. The van der Waals surface area contributed by atoms with Crippen LogP contribution in [0.1, 0.15) is 18.8 Å². The van der Waals surface area contributed by atoms with Gasteiger partial charge in [-0.3, -0.25) is 0 Å². The summed E-state index contributed by atoms with van der Waals surface area (Å²) in [7, 11) is 9.63. The van der Waals surface area contributed by atoms with Gasteiger partial charge in [0.1, 0.15) is 0 Å². The number of hydrogen-bond donors (Lipinski definition) is 1. The van der Waals surface area contributed by atoms with Crippen LogP contribution in [0.3, 0.4) is 0 Å². The fourth-order valence-corrected chi connectivity index (χ4v) is 1.18. The Morgan fingerprint density at radius 1 is 1.40 bits per heavy atom. The number of halogens is 2. The van der Waals surface area contributed by atoms with Gasteiger partial charge >= 0.3 is 35.0 Å². The summed E-state index contributed by atoms with van der Waals surface area (Å²) in [5.41, 5.74) is 9.40. The number of para-hydroxylation sites is 2. The van der Waals surface area contributed by atoms with Gasteiger partial charge in [0, 0.05) is 0 Å². The second-order valence-corrected chi connectivity index (χ2v) is 5.27. The molecule has 0 spiro atoms. The molecule has 0 saturated heterocycles. The summed E-state index contributed by atoms with van der Waals surface area (Å²) in [5, 5.41) is 0. The van der Waals surface area contributed by atoms with E-state index in [0.717, 1.165) is 16.9 Å². The molecule has 1 aromatic heterocycles. The number of aromatic amines is 1. The number of nitrogens with one attached hydrogen (secondary N) is 2. The van der Waals surface area contributed by atoms with E-state index in [1.54, 1.807) is 6.92 Å². The van der Waals surface area contributed by atoms with Crippen molar-refractivity contribution < 1.29 is 15.9 Å². The number of nitrogens with zero attached hydrogens (tertiary/aromatic N) is 1. The molecule has 2 rings (SSSR count). The number of hydrogen-bond acceptors (Lipinski definition) is 1. The Bertz CT molecular complexity index is 383. The van der Waals surface area contributed by atoms with Crippen LogP contribution in [-0.2, 0) is 15.9 Å². The zero-order valence-electron chi connectivity index (χ0n) is 7.91. The van der Waals surface area contributed by atoms with Gasteiger partial charge in [-0.05, 0) is 12.1 Å². The molecule has 0 bridgehead atoms. The number of imidazole rings is 1. The molecule has 2 N–H and O–H groups in total. The van der Waals surface area contributed by atoms with Gasteiger partial charge in [-0.2, -0.15) is 0 Å². The molecule has 3 nitrogen and oxygen atoms in total. The van der Waals surface area contributed by atoms with Gasteiger partial charge in [-0.25, -0.2) is 4.98 Å². The Kier molecular flexibility index (Phi) is 5.59. The van der Waals surface area contributed by atoms with Crippen LogP contribution in [0.25, 0.3) is 16.8 Å². The number of benzene rings is 1. The first-order valence-electron chi connectivity index (χ1n) is 4.17. The second-order valence-electron chi connectivity index (χ2n) is 2.91. The van der Waals surface area contributed by atoms with E-state index < -0.39 is 0 Å². The third-order valence-electron chi connectivity index (χ3n) is 1.82. The molecule has 1 atom stereocenters. The van der Waals surface area contributed by atoms with E-state index in [2.05, 4.69) is 9.97 Å². The second kappa shape index (κ2) is 6.47. The Balaban J connectivity index is 0.000000337. The Morgan fingerprint density at radius 3 is 2.53 bits per heavy atom. The van der Waals surface area contributed by atoms with Crippen LogP contribution in [0.4, 0.5) is 0 Å². The van der Waals surface area contributed by atoms with Gasteiger partial charge in [0.2, 0.25) is 0 Å². The first-order valence-corrected chi connectivity index (χ1v) is 8.17. The molecule has 0 saturated carbocycles. The zero-order valence-corrected chi connectivity index (χ0v) is 11.0. The van der Waals surface area contributed by atoms with Gasteiger partial charge in [-0.1, -0.05) is 25.1 Å². The van der Waals surface area contributed by atoms with Crippen molar-refractivity contribution in [1.29, 1.82) is 0 Å². The summed E-state index contributed by atoms with van der Waals surface area (Å²) in [4.78, 5) is 7.37. The molecular formula is C9H10Cl2N3Pd-. The van der Waals surface area contributed by atoms with Crippen LogP contribution in [0.5, 0.6) is 0 Å². The van der Waals surface area contributed by atoms with Gasteiger partial charge in [0.05, 0.1) is 16.9 Å². The molecule has 1 heterocycles. The molecular weight excluding hydrogens is 327 g/mol. The summed E-state index contributed by atoms with van der Waals surface area (Å²) < 4.78 is 0. The monoisotopic (exact) mass is 336 g/mol. The summed E-state index contributed by atoms with van der Waals surface area (Å²) in [6.07, 6.45) is 0. The molecule has 6 heteroatoms. The van der Waals surface area contributed by atoms with E-state index in [-0.39, 0.29) is 22.0 Å². The minimum atomic E-state index is -0.280. The van der Waals surface area contributed by atoms with Crippen molar-refractivity contribution in [3.05, 3.63) is 35.8 Å². The standard InChI is InChI=1S/C9H10N3.2ClH.Pd/c1-6(10)9-11-7-4-2-3-5-8(7)12-9;;;/h2-6,10H,1H3,(H,11,12);2*1H;/q-1;;;+2/p-2. The normalized spacial score (nSPS) is 12.3. The summed E-state index contributed by atoms with van der Waals surface area (Å²) in [6, 6.07) is 7.53. The average Bonchev–Trinajstić information content (AvgIpc) is 2.62. The van der Waals surface area contributed by atoms with Crippen molar-refractivity contribution in [1.82, 2.24) is 9.97 Å². The molecule has 1 unspecified atom stereocenters. The number of rotatable bonds is 1. The fourth-order valence-electron chi connectivity index (χ4n) is 1.18. The third kappa shape index (κ3) is 3.75. The molecule has 0 fully saturated rings. The third-order valence-corrected chi connectivity index (χ3v) is 1.82. The van der Waals surface area contributed by atoms with E-state index in [4.69, 9.17) is 24.8 Å². The first kappa shape index (κ1) is 13.0. The summed E-state index contributed by atoms with van der Waals surface area (Å²) in [5.74, 6) is 0.733. The molecule has 0 aliphatic rings. The Labute approximate surface area is 104 Å². The Hall–Kier alpha value is -0.108. The molecule has 0 radical (unpaired) electrons. The maximum atomic E-state index is 7.46. The van der Waals surface area contributed by atoms with Crippen molar-refractivity contribution in [2.45, 2.75) is 13.0 Å². The van der Waals surface area contributed by atoms with E-state index in [0.29, 0.717) is 0 Å². The van der Waals surface area contributed by atoms with E-state index in [1.165, 1.54) is 0 Å². The molecule has 15 heavy (non-hydrogen) atoms. The average molecular weight is 338 g/mol. The van der Waals surface area contributed by atoms with Crippen LogP contribution in [-0.4, -0.2) is 9.97 Å². The van der Waals surface area contributed by atoms with Crippen LogP contribution in [0, 0.1) is 0 Å². The van der Waals surface area contributed by atoms with Gasteiger partial charge in [0.25, 0.3) is 0 Å². The van der Waals surface area contributed by atoms with Gasteiger partial charge in [-0.15, -0.1) is 0 Å². The van der Waals surface area contributed by atoms with E-state index in [9.17, 15) is 0 Å². The van der Waals surface area contributed by atoms with Crippen LogP contribution < -0.4 is 0 Å². The zero-order chi connectivity index (χ0) is 11.3. The number of fused-ring (bicyclic) bond motifs is 1. The first-order chi connectivity index (χ1) is 7.19. The molecule has 86 valence electrons. The molecule has 2 aromatic rings. The van der Waals surface area contributed by atoms with Gasteiger partial charge < -0.3 is 10.7 Å². The maximum absolute atomic E-state index is 7.46. The fraction of sp³-hybridized carbons (Fsp3) is 0.222. The van der Waals surface area contributed by atoms with Gasteiger partial charge in [0.15, 0.2) is 0 Å². The van der Waals surface area contributed by atoms with Crippen LogP contribution in [0.15, 0.2) is 24.3 Å². The van der Waals surface area contributed by atoms with Crippen LogP contribution >= 0.6 is 19.1 Å². The molecule has 1 aromatic carbocycles. The van der Waals surface area contributed by atoms with Crippen molar-refractivity contribution in [2.75, 3.05) is 0 Å². The quantitative estimate of drug-likeness (QED) is 0.784. The number of aromatic nitrogens is 2. The van der Waals surface area contributed by atoms with Crippen molar-refractivity contribution in [3.8, 4) is 0 Å². The predicted molar refractivity (Wildman–Crippen MR) is 60.5 cm³/mol. The summed E-state index contributed by atoms with van der Waals surface area (Å²) >= 11 is -0.106. The summed E-state index contributed by atoms with van der Waals surface area (Å²) in [6.45, 7) is 1.80. The molecule has 0 amide bonds. The predicted octanol–water partition coefficient (Wildman–Crippen LogP) is 4.05. The SMILES string of the molecule is CC([NH-])c1nc2ccccc2[nH]1.[Cl][Pd][Cl].